The lowest BCUT2D eigenvalue weighted by Gasteiger charge is -2.24. The highest BCUT2D eigenvalue weighted by atomic mass is 16.5. The Hall–Kier alpha value is -1.94. The highest BCUT2D eigenvalue weighted by molar-refractivity contribution is 6.07. The van der Waals surface area contributed by atoms with Crippen LogP contribution in [-0.2, 0) is 20.9 Å². The molecular weight excluding hydrogens is 254 g/mol. The molecular formula is C16H15NO3. The number of nitrogens with zero attached hydrogens (tertiary/aromatic N) is 1. The third-order valence-corrected chi connectivity index (χ3v) is 4.60. The highest BCUT2D eigenvalue weighted by Crippen LogP contribution is 2.51. The maximum absolute atomic E-state index is 12.6. The smallest absolute Gasteiger partial charge is 0.236 e. The van der Waals surface area contributed by atoms with Crippen LogP contribution in [-0.4, -0.2) is 28.4 Å². The summed E-state index contributed by atoms with van der Waals surface area (Å²) in [7, 11) is 0. The van der Waals surface area contributed by atoms with E-state index >= 15 is 0 Å². The van der Waals surface area contributed by atoms with Crippen molar-refractivity contribution in [3.63, 3.8) is 0 Å². The van der Waals surface area contributed by atoms with Crippen LogP contribution in [0.5, 0.6) is 0 Å². The Balaban J connectivity index is 1.66. The largest absolute Gasteiger partial charge is 0.362 e. The number of fused-ring (bicyclic) bond motifs is 5. The van der Waals surface area contributed by atoms with E-state index in [0.717, 1.165) is 5.56 Å². The van der Waals surface area contributed by atoms with Gasteiger partial charge in [-0.2, -0.15) is 0 Å². The van der Waals surface area contributed by atoms with Gasteiger partial charge in [0.1, 0.15) is 0 Å². The van der Waals surface area contributed by atoms with Gasteiger partial charge in [-0.1, -0.05) is 42.5 Å². The Morgan fingerprint density at radius 2 is 1.95 bits per heavy atom. The number of amides is 2. The average Bonchev–Trinajstić information content (AvgIpc) is 3.04. The zero-order valence-corrected chi connectivity index (χ0v) is 11.2. The molecule has 4 nitrogen and oxygen atoms in total. The molecule has 2 saturated heterocycles. The van der Waals surface area contributed by atoms with Crippen molar-refractivity contribution in [2.45, 2.75) is 25.2 Å². The molecule has 102 valence electrons. The first-order valence-electron chi connectivity index (χ1n) is 6.86. The quantitative estimate of drug-likeness (QED) is 0.604. The van der Waals surface area contributed by atoms with Crippen LogP contribution in [0.25, 0.3) is 0 Å². The first kappa shape index (κ1) is 11.9. The lowest BCUT2D eigenvalue weighted by Crippen LogP contribution is -2.38. The first-order chi connectivity index (χ1) is 9.60. The van der Waals surface area contributed by atoms with Crippen LogP contribution in [0.15, 0.2) is 42.5 Å². The topological polar surface area (TPSA) is 46.6 Å². The van der Waals surface area contributed by atoms with Crippen LogP contribution in [0, 0.1) is 11.8 Å². The molecule has 2 amide bonds. The summed E-state index contributed by atoms with van der Waals surface area (Å²) in [5, 5.41) is 0. The van der Waals surface area contributed by atoms with Crippen LogP contribution in [0.1, 0.15) is 12.5 Å². The molecule has 1 aromatic rings. The van der Waals surface area contributed by atoms with Crippen LogP contribution >= 0.6 is 0 Å². The fourth-order valence-corrected chi connectivity index (χ4v) is 3.63. The Morgan fingerprint density at radius 3 is 2.65 bits per heavy atom. The number of hydrogen-bond acceptors (Lipinski definition) is 3. The number of ether oxygens (including phenoxy) is 1. The normalized spacial score (nSPS) is 37.9. The van der Waals surface area contributed by atoms with Crippen molar-refractivity contribution in [2.24, 2.45) is 11.8 Å². The zero-order chi connectivity index (χ0) is 13.9. The van der Waals surface area contributed by atoms with E-state index in [0.29, 0.717) is 6.54 Å². The van der Waals surface area contributed by atoms with Crippen molar-refractivity contribution in [1.29, 1.82) is 0 Å². The van der Waals surface area contributed by atoms with Crippen molar-refractivity contribution in [3.8, 4) is 0 Å². The second-order valence-electron chi connectivity index (χ2n) is 5.88. The minimum absolute atomic E-state index is 0.0954. The van der Waals surface area contributed by atoms with Gasteiger partial charge in [0.2, 0.25) is 11.8 Å². The van der Waals surface area contributed by atoms with Gasteiger partial charge >= 0.3 is 0 Å². The van der Waals surface area contributed by atoms with E-state index in [2.05, 4.69) is 0 Å². The molecule has 3 aliphatic rings. The summed E-state index contributed by atoms with van der Waals surface area (Å²) in [5.74, 6) is -0.880. The molecule has 0 spiro atoms. The van der Waals surface area contributed by atoms with Crippen molar-refractivity contribution in [2.75, 3.05) is 0 Å². The molecule has 0 N–H and O–H groups in total. The summed E-state index contributed by atoms with van der Waals surface area (Å²) in [5.41, 5.74) is 0.369. The molecule has 0 aliphatic carbocycles. The number of rotatable bonds is 2. The maximum atomic E-state index is 12.6. The number of carbonyl (C=O) groups excluding carboxylic acids is 2. The van der Waals surface area contributed by atoms with Crippen molar-refractivity contribution in [1.82, 2.24) is 4.90 Å². The third-order valence-electron chi connectivity index (χ3n) is 4.60. The first-order valence-corrected chi connectivity index (χ1v) is 6.86. The standard InChI is InChI=1S/C16H15NO3/c1-16-8-7-11(20-16)12-13(16)15(19)17(14(12)18)9-10-5-3-2-4-6-10/h2-8,11-13H,9H2,1H3/t11-,12+,13+,16-/m0/s1. The van der Waals surface area contributed by atoms with E-state index in [-0.39, 0.29) is 29.8 Å². The van der Waals surface area contributed by atoms with E-state index in [4.69, 9.17) is 4.74 Å². The summed E-state index contributed by atoms with van der Waals surface area (Å²) < 4.78 is 5.79. The zero-order valence-electron chi connectivity index (χ0n) is 11.2. The van der Waals surface area contributed by atoms with Crippen molar-refractivity contribution < 1.29 is 14.3 Å². The fourth-order valence-electron chi connectivity index (χ4n) is 3.63. The Morgan fingerprint density at radius 1 is 1.20 bits per heavy atom. The Labute approximate surface area is 117 Å². The van der Waals surface area contributed by atoms with Gasteiger partial charge in [-0.25, -0.2) is 0 Å². The minimum atomic E-state index is -0.604. The molecule has 4 atom stereocenters. The second-order valence-corrected chi connectivity index (χ2v) is 5.88. The molecule has 2 bridgehead atoms. The highest BCUT2D eigenvalue weighted by Gasteiger charge is 2.65. The van der Waals surface area contributed by atoms with Gasteiger partial charge in [-0.15, -0.1) is 0 Å². The molecule has 3 aliphatic heterocycles. The van der Waals surface area contributed by atoms with Gasteiger partial charge in [-0.05, 0) is 12.5 Å². The molecule has 4 heteroatoms. The van der Waals surface area contributed by atoms with Crippen molar-refractivity contribution >= 4 is 11.8 Å². The summed E-state index contributed by atoms with van der Waals surface area (Å²) in [6.07, 6.45) is 3.61. The molecule has 3 heterocycles. The van der Waals surface area contributed by atoms with Crippen LogP contribution in [0.2, 0.25) is 0 Å². The molecule has 20 heavy (non-hydrogen) atoms. The second kappa shape index (κ2) is 3.79. The van der Waals surface area contributed by atoms with Gasteiger partial charge < -0.3 is 4.74 Å². The molecule has 0 unspecified atom stereocenters. The summed E-state index contributed by atoms with van der Waals surface area (Å²) >= 11 is 0. The Kier molecular flexibility index (Phi) is 2.25. The molecule has 0 saturated carbocycles. The van der Waals surface area contributed by atoms with Gasteiger partial charge in [-0.3, -0.25) is 14.5 Å². The van der Waals surface area contributed by atoms with Gasteiger partial charge in [0.15, 0.2) is 0 Å². The maximum Gasteiger partial charge on any atom is 0.236 e. The monoisotopic (exact) mass is 269 g/mol. The number of carbonyl (C=O) groups is 2. The molecule has 1 aromatic carbocycles. The van der Waals surface area contributed by atoms with Gasteiger partial charge in [0.25, 0.3) is 0 Å². The number of benzene rings is 1. The van der Waals surface area contributed by atoms with Gasteiger partial charge in [0.05, 0.1) is 30.1 Å². The fraction of sp³-hybridized carbons (Fsp3) is 0.375. The summed E-state index contributed by atoms with van der Waals surface area (Å²) in [6.45, 7) is 2.25. The van der Waals surface area contributed by atoms with E-state index in [9.17, 15) is 9.59 Å². The predicted octanol–water partition coefficient (Wildman–Crippen LogP) is 1.52. The van der Waals surface area contributed by atoms with E-state index in [1.165, 1.54) is 4.90 Å². The lowest BCUT2D eigenvalue weighted by atomic mass is 9.78. The van der Waals surface area contributed by atoms with Crippen LogP contribution in [0.4, 0.5) is 0 Å². The number of likely N-dealkylation sites (tertiary alicyclic amines) is 1. The summed E-state index contributed by atoms with van der Waals surface area (Å²) in [4.78, 5) is 26.5. The van der Waals surface area contributed by atoms with Crippen LogP contribution in [0.3, 0.4) is 0 Å². The molecule has 2 fully saturated rings. The van der Waals surface area contributed by atoms with E-state index < -0.39 is 5.60 Å². The van der Waals surface area contributed by atoms with Crippen molar-refractivity contribution in [3.05, 3.63) is 48.0 Å². The number of imide groups is 1. The SMILES string of the molecule is C[C@@]12C=C[C@H](O1)[C@H]1C(=O)N(Cc3ccccc3)C(=O)[C@@H]12. The van der Waals surface area contributed by atoms with E-state index in [1.54, 1.807) is 0 Å². The summed E-state index contributed by atoms with van der Waals surface area (Å²) in [6, 6.07) is 9.61. The van der Waals surface area contributed by atoms with E-state index in [1.807, 2.05) is 49.4 Å². The molecule has 0 radical (unpaired) electrons. The molecule has 0 aromatic heterocycles. The lowest BCUT2D eigenvalue weighted by molar-refractivity contribution is -0.144. The van der Waals surface area contributed by atoms with Crippen LogP contribution < -0.4 is 0 Å². The number of hydrogen-bond donors (Lipinski definition) is 0. The Bertz CT molecular complexity index is 624. The average molecular weight is 269 g/mol. The molecule has 4 rings (SSSR count). The van der Waals surface area contributed by atoms with Gasteiger partial charge in [0, 0.05) is 0 Å². The minimum Gasteiger partial charge on any atom is -0.362 e. The predicted molar refractivity (Wildman–Crippen MR) is 71.4 cm³/mol. The third kappa shape index (κ3) is 1.40.